The lowest BCUT2D eigenvalue weighted by molar-refractivity contribution is -0.0611. The average molecular weight is 620 g/mol. The zero-order valence-corrected chi connectivity index (χ0v) is 28.9. The first-order valence-electron chi connectivity index (χ1n) is 19.3. The highest BCUT2D eigenvalue weighted by atomic mass is 14.6. The van der Waals surface area contributed by atoms with Crippen LogP contribution in [0, 0.1) is 29.1 Å². The minimum absolute atomic E-state index is 0.198. The van der Waals surface area contributed by atoms with Crippen LogP contribution in [0.2, 0.25) is 0 Å². The van der Waals surface area contributed by atoms with Crippen LogP contribution < -0.4 is 5.22 Å². The smallest absolute Gasteiger partial charge is 0.0270 e. The molecule has 0 radical (unpaired) electrons. The summed E-state index contributed by atoms with van der Waals surface area (Å²) in [5.74, 6) is 3.62. The van der Waals surface area contributed by atoms with Crippen LogP contribution in [0.15, 0.2) is 79.1 Å². The summed E-state index contributed by atoms with van der Waals surface area (Å²) in [7, 11) is 0. The monoisotopic (exact) mass is 619 g/mol. The number of hydrogen-bond acceptors (Lipinski definition) is 1. The topological polar surface area (TPSA) is 12.9 Å². The van der Waals surface area contributed by atoms with Gasteiger partial charge in [-0.2, -0.15) is 0 Å². The molecule has 4 bridgehead atoms. The summed E-state index contributed by atoms with van der Waals surface area (Å²) in [6, 6.07) is 26.0. The predicted molar refractivity (Wildman–Crippen MR) is 200 cm³/mol. The second-order valence-electron chi connectivity index (χ2n) is 17.0. The molecule has 1 heteroatoms. The minimum atomic E-state index is 0.198. The SMILES string of the molecule is CCCCCC1(CCC23CC4CC(CC(C4)C2)C3)CC(C(C)CCc2ccncc2)=c2cccc3c2c1c1cccc2cccc3c21. The van der Waals surface area contributed by atoms with Crippen LogP contribution in [0.4, 0.5) is 0 Å². The minimum Gasteiger partial charge on any atom is -0.265 e. The molecule has 2 atom stereocenters. The number of pyridine rings is 1. The number of nitrogens with zero attached hydrogens (tertiary/aromatic N) is 1. The van der Waals surface area contributed by atoms with Crippen molar-refractivity contribution in [1.82, 2.24) is 4.98 Å². The number of unbranched alkanes of at least 4 members (excludes halogenated alkanes) is 2. The van der Waals surface area contributed by atoms with Gasteiger partial charge in [0.05, 0.1) is 0 Å². The van der Waals surface area contributed by atoms with E-state index in [0.717, 1.165) is 24.2 Å². The van der Waals surface area contributed by atoms with Gasteiger partial charge in [0.25, 0.3) is 0 Å². The van der Waals surface area contributed by atoms with Crippen molar-refractivity contribution in [3.05, 3.63) is 95.5 Å². The second-order valence-corrected chi connectivity index (χ2v) is 17.0. The Morgan fingerprint density at radius 1 is 0.723 bits per heavy atom. The van der Waals surface area contributed by atoms with E-state index in [2.05, 4.69) is 85.6 Å². The van der Waals surface area contributed by atoms with Gasteiger partial charge in [0.2, 0.25) is 0 Å². The Balaban J connectivity index is 1.23. The molecule has 10 rings (SSSR count). The Labute approximate surface area is 282 Å². The maximum atomic E-state index is 4.29. The quantitative estimate of drug-likeness (QED) is 0.0814. The fourth-order valence-corrected chi connectivity index (χ4v) is 12.2. The first-order chi connectivity index (χ1) is 23.0. The predicted octanol–water partition coefficient (Wildman–Crippen LogP) is 11.9. The molecule has 5 aliphatic carbocycles. The highest BCUT2D eigenvalue weighted by Gasteiger charge is 2.52. The molecule has 1 heterocycles. The van der Waals surface area contributed by atoms with Crippen LogP contribution in [0.25, 0.3) is 37.9 Å². The summed E-state index contributed by atoms with van der Waals surface area (Å²) >= 11 is 0. The van der Waals surface area contributed by atoms with Crippen LogP contribution in [-0.4, -0.2) is 4.98 Å². The Kier molecular flexibility index (Phi) is 7.48. The van der Waals surface area contributed by atoms with Crippen molar-refractivity contribution in [3.63, 3.8) is 0 Å². The van der Waals surface area contributed by atoms with Crippen molar-refractivity contribution >= 4 is 37.9 Å². The zero-order chi connectivity index (χ0) is 31.6. The lowest BCUT2D eigenvalue weighted by Crippen LogP contribution is -2.47. The summed E-state index contributed by atoms with van der Waals surface area (Å²) in [4.78, 5) is 4.29. The van der Waals surface area contributed by atoms with E-state index in [4.69, 9.17) is 0 Å². The van der Waals surface area contributed by atoms with Gasteiger partial charge in [-0.1, -0.05) is 93.3 Å². The largest absolute Gasteiger partial charge is 0.265 e. The third-order valence-electron chi connectivity index (χ3n) is 14.0. The van der Waals surface area contributed by atoms with Gasteiger partial charge in [-0.15, -0.1) is 0 Å². The van der Waals surface area contributed by atoms with E-state index in [-0.39, 0.29) is 5.41 Å². The Hall–Kier alpha value is -3.19. The Bertz CT molecular complexity index is 1940. The van der Waals surface area contributed by atoms with Crippen LogP contribution in [0.3, 0.4) is 0 Å². The lowest BCUT2D eigenvalue weighted by Gasteiger charge is -2.58. The standard InChI is InChI=1S/C46H53N/c1-3-4-5-19-46(21-20-45-27-33-24-34(28-45)26-35(25-33)29-45)30-41(31(2)15-16-32-17-22-47-23-18-32)39-13-8-12-38-37-11-6-9-36-10-7-14-40(42(36)37)44(46)43(38)39/h6-14,17-18,22-23,31,33-35H,3-5,15-16,19-21,24-30H2,1-2H3. The van der Waals surface area contributed by atoms with Crippen molar-refractivity contribution in [1.29, 1.82) is 0 Å². The molecule has 0 amide bonds. The molecule has 0 spiro atoms. The van der Waals surface area contributed by atoms with Crippen molar-refractivity contribution in [2.24, 2.45) is 29.1 Å². The highest BCUT2D eigenvalue weighted by molar-refractivity contribution is 6.24. The van der Waals surface area contributed by atoms with E-state index in [1.807, 2.05) is 12.4 Å². The van der Waals surface area contributed by atoms with Crippen LogP contribution >= 0.6 is 0 Å². The number of benzene rings is 4. The summed E-state index contributed by atoms with van der Waals surface area (Å²) < 4.78 is 0. The first kappa shape index (κ1) is 29.9. The molecule has 0 aliphatic heterocycles. The molecule has 5 aliphatic rings. The number of aromatic nitrogens is 1. The average Bonchev–Trinajstić information content (AvgIpc) is 3.09. The summed E-state index contributed by atoms with van der Waals surface area (Å²) in [6.45, 7) is 4.94. The van der Waals surface area contributed by atoms with Crippen molar-refractivity contribution < 1.29 is 0 Å². The molecule has 4 aromatic carbocycles. The molecule has 47 heavy (non-hydrogen) atoms. The molecule has 242 valence electrons. The van der Waals surface area contributed by atoms with Gasteiger partial charge in [-0.3, -0.25) is 4.98 Å². The molecule has 4 fully saturated rings. The van der Waals surface area contributed by atoms with Gasteiger partial charge < -0.3 is 0 Å². The number of fused-ring (bicyclic) bond motifs is 2. The van der Waals surface area contributed by atoms with E-state index in [1.165, 1.54) is 97.7 Å². The summed E-state index contributed by atoms with van der Waals surface area (Å²) in [5, 5.41) is 10.6. The molecule has 0 N–H and O–H groups in total. The number of hydrogen-bond donors (Lipinski definition) is 0. The van der Waals surface area contributed by atoms with Gasteiger partial charge >= 0.3 is 0 Å². The highest BCUT2D eigenvalue weighted by Crippen LogP contribution is 2.63. The van der Waals surface area contributed by atoms with Gasteiger partial charge in [0, 0.05) is 17.8 Å². The van der Waals surface area contributed by atoms with Crippen LogP contribution in [-0.2, 0) is 11.8 Å². The van der Waals surface area contributed by atoms with E-state index in [1.54, 1.807) is 46.4 Å². The van der Waals surface area contributed by atoms with Crippen molar-refractivity contribution in [3.8, 4) is 0 Å². The molecule has 1 aromatic heterocycles. The molecule has 5 aromatic rings. The molecule has 4 saturated carbocycles. The van der Waals surface area contributed by atoms with E-state index in [9.17, 15) is 0 Å². The number of rotatable bonds is 11. The number of aryl methyl sites for hydroxylation is 1. The van der Waals surface area contributed by atoms with Crippen molar-refractivity contribution in [2.75, 3.05) is 0 Å². The summed E-state index contributed by atoms with van der Waals surface area (Å²) in [5.41, 5.74) is 5.70. The Morgan fingerprint density at radius 3 is 2.09 bits per heavy atom. The van der Waals surface area contributed by atoms with Crippen molar-refractivity contribution in [2.45, 2.75) is 116 Å². The summed E-state index contributed by atoms with van der Waals surface area (Å²) in [6.07, 6.45) is 24.8. The third kappa shape index (κ3) is 5.05. The fraction of sp³-hybridized carbons (Fsp3) is 0.500. The molecular weight excluding hydrogens is 567 g/mol. The normalized spacial score (nSPS) is 28.6. The van der Waals surface area contributed by atoms with Gasteiger partial charge in [0.1, 0.15) is 0 Å². The lowest BCUT2D eigenvalue weighted by atomic mass is 9.47. The second kappa shape index (κ2) is 11.7. The molecule has 2 unspecified atom stereocenters. The van der Waals surface area contributed by atoms with E-state index in [0.29, 0.717) is 11.3 Å². The molecule has 0 saturated heterocycles. The molecule has 1 nitrogen and oxygen atoms in total. The molecular formula is C46H53N. The fourth-order valence-electron chi connectivity index (χ4n) is 12.2. The zero-order valence-electron chi connectivity index (χ0n) is 28.9. The third-order valence-corrected chi connectivity index (χ3v) is 14.0. The van der Waals surface area contributed by atoms with E-state index < -0.39 is 0 Å². The maximum absolute atomic E-state index is 4.29. The van der Waals surface area contributed by atoms with Gasteiger partial charge in [0.15, 0.2) is 0 Å². The first-order valence-corrected chi connectivity index (χ1v) is 19.3. The van der Waals surface area contributed by atoms with Crippen LogP contribution in [0.1, 0.15) is 115 Å². The van der Waals surface area contributed by atoms with Gasteiger partial charge in [-0.25, -0.2) is 0 Å². The van der Waals surface area contributed by atoms with E-state index >= 15 is 0 Å². The van der Waals surface area contributed by atoms with Crippen LogP contribution in [0.5, 0.6) is 0 Å². The van der Waals surface area contributed by atoms with Gasteiger partial charge in [-0.05, 0) is 167 Å². The maximum Gasteiger partial charge on any atom is 0.0270 e. The Morgan fingerprint density at radius 2 is 1.38 bits per heavy atom.